The summed E-state index contributed by atoms with van der Waals surface area (Å²) in [4.78, 5) is 11.3. The molecule has 132 valence electrons. The van der Waals surface area contributed by atoms with Crippen LogP contribution in [0, 0.1) is 5.82 Å². The Morgan fingerprint density at radius 1 is 1.29 bits per heavy atom. The summed E-state index contributed by atoms with van der Waals surface area (Å²) in [5, 5.41) is 0. The van der Waals surface area contributed by atoms with Gasteiger partial charge in [0.25, 0.3) is 0 Å². The van der Waals surface area contributed by atoms with Gasteiger partial charge >= 0.3 is 5.97 Å². The van der Waals surface area contributed by atoms with Crippen LogP contribution in [0.4, 0.5) is 4.39 Å². The summed E-state index contributed by atoms with van der Waals surface area (Å²) in [7, 11) is -3.39. The average molecular weight is 355 g/mol. The number of carbonyl (C=O) groups is 1. The van der Waals surface area contributed by atoms with E-state index >= 15 is 0 Å². The second-order valence-corrected chi connectivity index (χ2v) is 7.66. The van der Waals surface area contributed by atoms with E-state index in [9.17, 15) is 17.6 Å². The van der Waals surface area contributed by atoms with Gasteiger partial charge in [-0.3, -0.25) is 4.79 Å². The molecule has 0 bridgehead atoms. The molecule has 0 atom stereocenters. The van der Waals surface area contributed by atoms with Crippen LogP contribution in [-0.4, -0.2) is 44.1 Å². The van der Waals surface area contributed by atoms with E-state index in [0.717, 1.165) is 11.1 Å². The van der Waals surface area contributed by atoms with Gasteiger partial charge in [-0.15, -0.1) is 0 Å². The minimum absolute atomic E-state index is 0.0640. The Morgan fingerprint density at radius 3 is 2.58 bits per heavy atom. The maximum Gasteiger partial charge on any atom is 0.305 e. The molecule has 1 aliphatic rings. The van der Waals surface area contributed by atoms with Crippen LogP contribution < -0.4 is 0 Å². The quantitative estimate of drug-likeness (QED) is 0.705. The molecule has 0 aromatic heterocycles. The fourth-order valence-electron chi connectivity index (χ4n) is 2.59. The van der Waals surface area contributed by atoms with E-state index in [-0.39, 0.29) is 30.4 Å². The third kappa shape index (κ3) is 5.14. The van der Waals surface area contributed by atoms with E-state index < -0.39 is 10.0 Å². The number of hydrogen-bond acceptors (Lipinski definition) is 4. The largest absolute Gasteiger partial charge is 0.466 e. The Balaban J connectivity index is 1.90. The van der Waals surface area contributed by atoms with E-state index in [4.69, 9.17) is 4.74 Å². The SMILES string of the molecule is CCOC(=O)CCCS(=O)(=O)N1CC=C(c2ccc(F)cc2)CC1. The normalized spacial score (nSPS) is 15.8. The summed E-state index contributed by atoms with van der Waals surface area (Å²) in [5.41, 5.74) is 1.93. The lowest BCUT2D eigenvalue weighted by atomic mass is 10.0. The summed E-state index contributed by atoms with van der Waals surface area (Å²) in [6.07, 6.45) is 2.81. The molecule has 0 unspecified atom stereocenters. The predicted octanol–water partition coefficient (Wildman–Crippen LogP) is 2.59. The molecule has 0 N–H and O–H groups in total. The molecule has 0 fully saturated rings. The maximum atomic E-state index is 13.0. The first-order valence-corrected chi connectivity index (χ1v) is 9.61. The van der Waals surface area contributed by atoms with Gasteiger partial charge in [0.1, 0.15) is 5.82 Å². The molecule has 5 nitrogen and oxygen atoms in total. The molecule has 0 radical (unpaired) electrons. The van der Waals surface area contributed by atoms with E-state index in [2.05, 4.69) is 0 Å². The number of sulfonamides is 1. The van der Waals surface area contributed by atoms with Gasteiger partial charge in [-0.1, -0.05) is 18.2 Å². The number of esters is 1. The molecule has 0 saturated carbocycles. The second-order valence-electron chi connectivity index (χ2n) is 5.57. The monoisotopic (exact) mass is 355 g/mol. The van der Waals surface area contributed by atoms with Gasteiger partial charge in [0.15, 0.2) is 0 Å². The number of hydrogen-bond donors (Lipinski definition) is 0. The lowest BCUT2D eigenvalue weighted by Gasteiger charge is -2.26. The maximum absolute atomic E-state index is 13.0. The molecule has 2 rings (SSSR count). The van der Waals surface area contributed by atoms with Crippen molar-refractivity contribution < 1.29 is 22.3 Å². The van der Waals surface area contributed by atoms with Crippen molar-refractivity contribution in [3.05, 3.63) is 41.7 Å². The van der Waals surface area contributed by atoms with Gasteiger partial charge in [0.2, 0.25) is 10.0 Å². The second kappa shape index (κ2) is 8.39. The van der Waals surface area contributed by atoms with E-state index in [1.165, 1.54) is 16.4 Å². The van der Waals surface area contributed by atoms with Gasteiger partial charge in [-0.2, -0.15) is 4.31 Å². The molecule has 1 heterocycles. The van der Waals surface area contributed by atoms with E-state index in [1.54, 1.807) is 19.1 Å². The molecular weight excluding hydrogens is 333 g/mol. The van der Waals surface area contributed by atoms with Crippen molar-refractivity contribution >= 4 is 21.6 Å². The fourth-order valence-corrected chi connectivity index (χ4v) is 4.03. The number of benzene rings is 1. The number of nitrogens with zero attached hydrogens (tertiary/aromatic N) is 1. The number of halogens is 1. The summed E-state index contributed by atoms with van der Waals surface area (Å²) < 4.78 is 43.8. The first kappa shape index (κ1) is 18.6. The van der Waals surface area contributed by atoms with Crippen LogP contribution >= 0.6 is 0 Å². The van der Waals surface area contributed by atoms with E-state index in [1.807, 2.05) is 6.08 Å². The number of ether oxygens (including phenoxy) is 1. The van der Waals surface area contributed by atoms with Crippen LogP contribution in [0.2, 0.25) is 0 Å². The van der Waals surface area contributed by atoms with Crippen molar-refractivity contribution in [2.75, 3.05) is 25.4 Å². The third-order valence-electron chi connectivity index (χ3n) is 3.87. The van der Waals surface area contributed by atoms with Crippen molar-refractivity contribution in [2.24, 2.45) is 0 Å². The molecule has 0 aliphatic carbocycles. The molecule has 7 heteroatoms. The average Bonchev–Trinajstić information content (AvgIpc) is 2.56. The molecular formula is C17H22FNO4S. The van der Waals surface area contributed by atoms with Crippen LogP contribution in [0.15, 0.2) is 30.3 Å². The smallest absolute Gasteiger partial charge is 0.305 e. The minimum Gasteiger partial charge on any atom is -0.466 e. The van der Waals surface area contributed by atoms with Crippen LogP contribution in [0.1, 0.15) is 31.7 Å². The molecule has 1 aliphatic heterocycles. The minimum atomic E-state index is -3.39. The Bertz CT molecular complexity index is 698. The van der Waals surface area contributed by atoms with Crippen LogP contribution in [0.25, 0.3) is 5.57 Å². The highest BCUT2D eigenvalue weighted by Crippen LogP contribution is 2.24. The predicted molar refractivity (Wildman–Crippen MR) is 90.2 cm³/mol. The first-order valence-electron chi connectivity index (χ1n) is 8.01. The lowest BCUT2D eigenvalue weighted by molar-refractivity contribution is -0.143. The zero-order chi connectivity index (χ0) is 17.6. The summed E-state index contributed by atoms with van der Waals surface area (Å²) in [6, 6.07) is 6.19. The Hall–Kier alpha value is -1.73. The van der Waals surface area contributed by atoms with Gasteiger partial charge in [0, 0.05) is 19.5 Å². The standard InChI is InChI=1S/C17H22FNO4S/c1-2-23-17(20)4-3-13-24(21,22)19-11-9-15(10-12-19)14-5-7-16(18)8-6-14/h5-9H,2-4,10-13H2,1H3. The zero-order valence-corrected chi connectivity index (χ0v) is 14.5. The summed E-state index contributed by atoms with van der Waals surface area (Å²) in [6.45, 7) is 2.71. The summed E-state index contributed by atoms with van der Waals surface area (Å²) in [5.74, 6) is -0.725. The first-order chi connectivity index (χ1) is 11.4. The van der Waals surface area contributed by atoms with E-state index in [0.29, 0.717) is 26.1 Å². The van der Waals surface area contributed by atoms with Gasteiger partial charge < -0.3 is 4.74 Å². The van der Waals surface area contributed by atoms with Crippen molar-refractivity contribution in [2.45, 2.75) is 26.2 Å². The van der Waals surface area contributed by atoms with Crippen LogP contribution in [0.3, 0.4) is 0 Å². The highest BCUT2D eigenvalue weighted by atomic mass is 32.2. The van der Waals surface area contributed by atoms with Crippen molar-refractivity contribution in [1.29, 1.82) is 0 Å². The highest BCUT2D eigenvalue weighted by molar-refractivity contribution is 7.89. The molecule has 24 heavy (non-hydrogen) atoms. The van der Waals surface area contributed by atoms with Crippen molar-refractivity contribution in [1.82, 2.24) is 4.31 Å². The van der Waals surface area contributed by atoms with Crippen molar-refractivity contribution in [3.8, 4) is 0 Å². The molecule has 0 saturated heterocycles. The molecule has 1 aromatic carbocycles. The van der Waals surface area contributed by atoms with Gasteiger partial charge in [-0.05, 0) is 43.0 Å². The Morgan fingerprint density at radius 2 is 2.00 bits per heavy atom. The number of carbonyl (C=O) groups excluding carboxylic acids is 1. The third-order valence-corrected chi connectivity index (χ3v) is 5.79. The van der Waals surface area contributed by atoms with Gasteiger partial charge in [0.05, 0.1) is 12.4 Å². The number of rotatable bonds is 7. The molecule has 1 aromatic rings. The van der Waals surface area contributed by atoms with Gasteiger partial charge in [-0.25, -0.2) is 12.8 Å². The molecule has 0 amide bonds. The zero-order valence-electron chi connectivity index (χ0n) is 13.7. The summed E-state index contributed by atoms with van der Waals surface area (Å²) >= 11 is 0. The lowest BCUT2D eigenvalue weighted by Crippen LogP contribution is -2.36. The Kier molecular flexibility index (Phi) is 6.51. The van der Waals surface area contributed by atoms with Crippen LogP contribution in [-0.2, 0) is 19.6 Å². The highest BCUT2D eigenvalue weighted by Gasteiger charge is 2.24. The Labute approximate surface area is 142 Å². The topological polar surface area (TPSA) is 63.7 Å². The van der Waals surface area contributed by atoms with Crippen LogP contribution in [0.5, 0.6) is 0 Å². The molecule has 0 spiro atoms. The van der Waals surface area contributed by atoms with Crippen molar-refractivity contribution in [3.63, 3.8) is 0 Å². The fraction of sp³-hybridized carbons (Fsp3) is 0.471.